The summed E-state index contributed by atoms with van der Waals surface area (Å²) < 4.78 is 6.39. The van der Waals surface area contributed by atoms with E-state index < -0.39 is 0 Å². The Morgan fingerprint density at radius 2 is 1.95 bits per heavy atom. The highest BCUT2D eigenvalue weighted by molar-refractivity contribution is 7.18. The molecule has 0 aliphatic rings. The molecule has 0 aliphatic carbocycles. The van der Waals surface area contributed by atoms with E-state index in [1.807, 2.05) is 42.5 Å². The normalized spacial score (nSPS) is 10.8. The van der Waals surface area contributed by atoms with Gasteiger partial charge < -0.3 is 10.5 Å². The van der Waals surface area contributed by atoms with Crippen LogP contribution in [0, 0.1) is 0 Å². The molecule has 3 aromatic rings. The molecule has 19 heavy (non-hydrogen) atoms. The molecule has 0 spiro atoms. The van der Waals surface area contributed by atoms with Crippen molar-refractivity contribution in [1.29, 1.82) is 0 Å². The fourth-order valence-electron chi connectivity index (χ4n) is 1.97. The number of nitrogens with two attached hydrogens (primary N) is 1. The number of hydrogen-bond donors (Lipinski definition) is 1. The van der Waals surface area contributed by atoms with Crippen LogP contribution in [0.5, 0.6) is 5.75 Å². The van der Waals surface area contributed by atoms with Gasteiger partial charge in [-0.1, -0.05) is 12.1 Å². The van der Waals surface area contributed by atoms with E-state index in [0.29, 0.717) is 0 Å². The largest absolute Gasteiger partial charge is 0.497 e. The maximum absolute atomic E-state index is 5.69. The van der Waals surface area contributed by atoms with E-state index in [1.165, 1.54) is 5.56 Å². The zero-order valence-corrected chi connectivity index (χ0v) is 11.4. The number of methoxy groups -OCH3 is 1. The van der Waals surface area contributed by atoms with Crippen molar-refractivity contribution in [1.82, 2.24) is 4.98 Å². The van der Waals surface area contributed by atoms with Crippen LogP contribution in [-0.2, 0) is 6.42 Å². The number of aromatic nitrogens is 1. The first kappa shape index (κ1) is 12.0. The number of nitrogens with zero attached hydrogens (tertiary/aromatic N) is 1. The van der Waals surface area contributed by atoms with Crippen LogP contribution in [0.3, 0.4) is 0 Å². The van der Waals surface area contributed by atoms with Gasteiger partial charge in [0.05, 0.1) is 22.3 Å². The van der Waals surface area contributed by atoms with Crippen LogP contribution in [-0.4, -0.2) is 12.1 Å². The molecule has 0 amide bonds. The van der Waals surface area contributed by atoms with Crippen LogP contribution < -0.4 is 10.5 Å². The average Bonchev–Trinajstić information content (AvgIpc) is 2.82. The van der Waals surface area contributed by atoms with Crippen molar-refractivity contribution in [3.8, 4) is 5.75 Å². The van der Waals surface area contributed by atoms with Crippen LogP contribution >= 0.6 is 11.3 Å². The summed E-state index contributed by atoms with van der Waals surface area (Å²) in [5.74, 6) is 0.871. The van der Waals surface area contributed by atoms with Gasteiger partial charge in [0.1, 0.15) is 5.75 Å². The molecule has 1 aromatic heterocycles. The van der Waals surface area contributed by atoms with Gasteiger partial charge in [0.25, 0.3) is 0 Å². The first-order valence-corrected chi connectivity index (χ1v) is 6.84. The van der Waals surface area contributed by atoms with Gasteiger partial charge in [-0.25, -0.2) is 4.98 Å². The Labute approximate surface area is 115 Å². The number of thiazole rings is 1. The minimum atomic E-state index is 0.790. The highest BCUT2D eigenvalue weighted by Crippen LogP contribution is 2.27. The van der Waals surface area contributed by atoms with E-state index >= 15 is 0 Å². The molecule has 96 valence electrons. The second-order valence-corrected chi connectivity index (χ2v) is 5.47. The van der Waals surface area contributed by atoms with Crippen molar-refractivity contribution < 1.29 is 4.74 Å². The quantitative estimate of drug-likeness (QED) is 0.741. The number of anilines is 1. The zero-order valence-electron chi connectivity index (χ0n) is 10.6. The Hall–Kier alpha value is -2.07. The Bertz CT molecular complexity index is 704. The van der Waals surface area contributed by atoms with Gasteiger partial charge in [0.15, 0.2) is 0 Å². The number of benzene rings is 2. The summed E-state index contributed by atoms with van der Waals surface area (Å²) in [7, 11) is 1.68. The smallest absolute Gasteiger partial charge is 0.120 e. The molecule has 3 nitrogen and oxygen atoms in total. The number of ether oxygens (including phenoxy) is 1. The summed E-state index contributed by atoms with van der Waals surface area (Å²) in [4.78, 5) is 4.64. The number of rotatable bonds is 3. The minimum Gasteiger partial charge on any atom is -0.497 e. The SMILES string of the molecule is COc1ccc2nc(Cc3ccc(N)cc3)sc2c1. The summed E-state index contributed by atoms with van der Waals surface area (Å²) in [6, 6.07) is 13.9. The van der Waals surface area contributed by atoms with Crippen molar-refractivity contribution >= 4 is 27.2 Å². The molecule has 0 aliphatic heterocycles. The Balaban J connectivity index is 1.90. The third kappa shape index (κ3) is 2.53. The lowest BCUT2D eigenvalue weighted by Crippen LogP contribution is -1.88. The predicted octanol–water partition coefficient (Wildman–Crippen LogP) is 3.48. The van der Waals surface area contributed by atoms with E-state index in [1.54, 1.807) is 18.4 Å². The van der Waals surface area contributed by atoms with E-state index in [0.717, 1.165) is 33.1 Å². The van der Waals surface area contributed by atoms with Crippen LogP contribution in [0.15, 0.2) is 42.5 Å². The molecule has 1 heterocycles. The van der Waals surface area contributed by atoms with Gasteiger partial charge in [-0.05, 0) is 35.9 Å². The maximum Gasteiger partial charge on any atom is 0.120 e. The van der Waals surface area contributed by atoms with Crippen LogP contribution in [0.4, 0.5) is 5.69 Å². The van der Waals surface area contributed by atoms with Crippen LogP contribution in [0.1, 0.15) is 10.6 Å². The minimum absolute atomic E-state index is 0.790. The van der Waals surface area contributed by atoms with Crippen LogP contribution in [0.25, 0.3) is 10.2 Å². The van der Waals surface area contributed by atoms with Crippen molar-refractivity contribution in [2.75, 3.05) is 12.8 Å². The van der Waals surface area contributed by atoms with E-state index in [4.69, 9.17) is 10.5 Å². The topological polar surface area (TPSA) is 48.1 Å². The summed E-state index contributed by atoms with van der Waals surface area (Å²) in [5, 5.41) is 1.10. The summed E-state index contributed by atoms with van der Waals surface area (Å²) >= 11 is 1.70. The van der Waals surface area contributed by atoms with Crippen molar-refractivity contribution in [3.63, 3.8) is 0 Å². The second-order valence-electron chi connectivity index (χ2n) is 4.36. The first-order chi connectivity index (χ1) is 9.24. The molecule has 0 saturated carbocycles. The lowest BCUT2D eigenvalue weighted by Gasteiger charge is -1.98. The third-order valence-corrected chi connectivity index (χ3v) is 3.99. The lowest BCUT2D eigenvalue weighted by atomic mass is 10.1. The number of hydrogen-bond acceptors (Lipinski definition) is 4. The lowest BCUT2D eigenvalue weighted by molar-refractivity contribution is 0.415. The maximum atomic E-state index is 5.69. The van der Waals surface area contributed by atoms with E-state index in [-0.39, 0.29) is 0 Å². The van der Waals surface area contributed by atoms with Gasteiger partial charge in [0.2, 0.25) is 0 Å². The van der Waals surface area contributed by atoms with Crippen molar-refractivity contribution in [2.45, 2.75) is 6.42 Å². The second kappa shape index (κ2) is 4.90. The number of nitrogen functional groups attached to an aromatic ring is 1. The van der Waals surface area contributed by atoms with Gasteiger partial charge >= 0.3 is 0 Å². The standard InChI is InChI=1S/C15H14N2OS/c1-18-12-6-7-13-14(9-12)19-15(17-13)8-10-2-4-11(16)5-3-10/h2-7,9H,8,16H2,1H3. The molecule has 0 radical (unpaired) electrons. The van der Waals surface area contributed by atoms with Gasteiger partial charge in [-0.2, -0.15) is 0 Å². The molecule has 0 atom stereocenters. The monoisotopic (exact) mass is 270 g/mol. The molecule has 0 bridgehead atoms. The third-order valence-electron chi connectivity index (χ3n) is 2.97. The molecule has 0 saturated heterocycles. The fourth-order valence-corrected chi connectivity index (χ4v) is 3.00. The Morgan fingerprint density at radius 1 is 1.16 bits per heavy atom. The summed E-state index contributed by atoms with van der Waals surface area (Å²) in [6.07, 6.45) is 0.835. The van der Waals surface area contributed by atoms with Crippen molar-refractivity contribution in [2.24, 2.45) is 0 Å². The zero-order chi connectivity index (χ0) is 13.2. The molecular formula is C15H14N2OS. The highest BCUT2D eigenvalue weighted by atomic mass is 32.1. The molecule has 0 fully saturated rings. The first-order valence-electron chi connectivity index (χ1n) is 6.02. The van der Waals surface area contributed by atoms with Gasteiger partial charge in [-0.3, -0.25) is 0 Å². The molecule has 3 rings (SSSR count). The Morgan fingerprint density at radius 3 is 2.68 bits per heavy atom. The highest BCUT2D eigenvalue weighted by Gasteiger charge is 2.06. The van der Waals surface area contributed by atoms with E-state index in [2.05, 4.69) is 4.98 Å². The van der Waals surface area contributed by atoms with Gasteiger partial charge in [0, 0.05) is 12.1 Å². The molecule has 0 unspecified atom stereocenters. The van der Waals surface area contributed by atoms with E-state index in [9.17, 15) is 0 Å². The molecular weight excluding hydrogens is 256 g/mol. The van der Waals surface area contributed by atoms with Gasteiger partial charge in [-0.15, -0.1) is 11.3 Å². The summed E-state index contributed by atoms with van der Waals surface area (Å²) in [5.41, 5.74) is 8.72. The summed E-state index contributed by atoms with van der Waals surface area (Å²) in [6.45, 7) is 0. The molecule has 2 aromatic carbocycles. The van der Waals surface area contributed by atoms with Crippen LogP contribution in [0.2, 0.25) is 0 Å². The van der Waals surface area contributed by atoms with Crippen molar-refractivity contribution in [3.05, 3.63) is 53.0 Å². The Kier molecular flexibility index (Phi) is 3.09. The number of fused-ring (bicyclic) bond motifs is 1. The molecule has 4 heteroatoms. The fraction of sp³-hybridized carbons (Fsp3) is 0.133. The average molecular weight is 270 g/mol. The predicted molar refractivity (Wildman–Crippen MR) is 79.8 cm³/mol. The molecule has 2 N–H and O–H groups in total.